The number of rotatable bonds is 6. The second-order valence-electron chi connectivity index (χ2n) is 5.72. The van der Waals surface area contributed by atoms with Crippen LogP contribution >= 0.6 is 0 Å². The summed E-state index contributed by atoms with van der Waals surface area (Å²) in [6, 6.07) is 15.6. The number of hydrogen-bond acceptors (Lipinski definition) is 2. The van der Waals surface area contributed by atoms with Gasteiger partial charge in [0.05, 0.1) is 17.7 Å². The number of nitriles is 1. The molecule has 124 valence electrons. The summed E-state index contributed by atoms with van der Waals surface area (Å²) >= 11 is 0. The number of hydrogen-bond donors (Lipinski definition) is 0. The molecule has 0 N–H and O–H groups in total. The van der Waals surface area contributed by atoms with Crippen LogP contribution in [0.2, 0.25) is 0 Å². The van der Waals surface area contributed by atoms with Crippen LogP contribution in [0.25, 0.3) is 0 Å². The molecule has 0 aliphatic carbocycles. The predicted molar refractivity (Wildman–Crippen MR) is 91.7 cm³/mol. The smallest absolute Gasteiger partial charge is 0.223 e. The molecule has 0 saturated heterocycles. The summed E-state index contributed by atoms with van der Waals surface area (Å²) in [5.41, 5.74) is 2.56. The molecule has 0 aromatic heterocycles. The molecule has 4 heteroatoms. The quantitative estimate of drug-likeness (QED) is 0.798. The summed E-state index contributed by atoms with van der Waals surface area (Å²) in [6.07, 6.45) is 0.982. The van der Waals surface area contributed by atoms with Gasteiger partial charge in [0.25, 0.3) is 0 Å². The minimum atomic E-state index is -0.269. The van der Waals surface area contributed by atoms with E-state index in [4.69, 9.17) is 5.26 Å². The first-order valence-electron chi connectivity index (χ1n) is 8.09. The Labute approximate surface area is 142 Å². The van der Waals surface area contributed by atoms with Crippen molar-refractivity contribution in [2.24, 2.45) is 0 Å². The fraction of sp³-hybridized carbons (Fsp3) is 0.300. The van der Waals surface area contributed by atoms with E-state index >= 15 is 0 Å². The first kappa shape index (κ1) is 17.7. The van der Waals surface area contributed by atoms with Crippen LogP contribution in [0.5, 0.6) is 0 Å². The molecule has 24 heavy (non-hydrogen) atoms. The van der Waals surface area contributed by atoms with Gasteiger partial charge in [0.1, 0.15) is 5.82 Å². The molecule has 0 saturated carbocycles. The summed E-state index contributed by atoms with van der Waals surface area (Å²) in [5.74, 6) is -0.201. The molecule has 2 rings (SSSR count). The van der Waals surface area contributed by atoms with Gasteiger partial charge in [0, 0.05) is 13.0 Å². The SMILES string of the molecule is CCN(C(=O)CCc1ccc(F)cc1)C(C)c1ccc(C#N)cc1. The lowest BCUT2D eigenvalue weighted by Gasteiger charge is -2.28. The monoisotopic (exact) mass is 324 g/mol. The third-order valence-corrected chi connectivity index (χ3v) is 4.19. The maximum absolute atomic E-state index is 12.9. The van der Waals surface area contributed by atoms with Gasteiger partial charge in [-0.1, -0.05) is 24.3 Å². The van der Waals surface area contributed by atoms with E-state index in [2.05, 4.69) is 6.07 Å². The molecule has 2 aromatic carbocycles. The molecule has 0 aliphatic heterocycles. The summed E-state index contributed by atoms with van der Waals surface area (Å²) in [7, 11) is 0. The van der Waals surface area contributed by atoms with E-state index in [1.165, 1.54) is 12.1 Å². The molecule has 0 spiro atoms. The molecule has 2 aromatic rings. The zero-order chi connectivity index (χ0) is 17.5. The Morgan fingerprint density at radius 1 is 1.17 bits per heavy atom. The van der Waals surface area contributed by atoms with Gasteiger partial charge in [-0.15, -0.1) is 0 Å². The number of benzene rings is 2. The fourth-order valence-corrected chi connectivity index (χ4v) is 2.73. The van der Waals surface area contributed by atoms with E-state index in [0.717, 1.165) is 11.1 Å². The van der Waals surface area contributed by atoms with Crippen LogP contribution in [0.1, 0.15) is 43.0 Å². The van der Waals surface area contributed by atoms with Gasteiger partial charge in [-0.25, -0.2) is 4.39 Å². The van der Waals surface area contributed by atoms with Crippen molar-refractivity contribution >= 4 is 5.91 Å². The molecule has 1 atom stereocenters. The van der Waals surface area contributed by atoms with Crippen molar-refractivity contribution in [2.75, 3.05) is 6.54 Å². The Balaban J connectivity index is 2.01. The second-order valence-corrected chi connectivity index (χ2v) is 5.72. The highest BCUT2D eigenvalue weighted by molar-refractivity contribution is 5.77. The van der Waals surface area contributed by atoms with Gasteiger partial charge in [0.2, 0.25) is 5.91 Å². The average molecular weight is 324 g/mol. The number of carbonyl (C=O) groups is 1. The van der Waals surface area contributed by atoms with Gasteiger partial charge in [-0.05, 0) is 55.7 Å². The number of amides is 1. The number of halogens is 1. The van der Waals surface area contributed by atoms with Crippen LogP contribution in [0.3, 0.4) is 0 Å². The van der Waals surface area contributed by atoms with Crippen LogP contribution in [0.15, 0.2) is 48.5 Å². The maximum Gasteiger partial charge on any atom is 0.223 e. The van der Waals surface area contributed by atoms with Crippen LogP contribution < -0.4 is 0 Å². The Morgan fingerprint density at radius 3 is 2.33 bits per heavy atom. The van der Waals surface area contributed by atoms with Crippen molar-refractivity contribution in [3.05, 3.63) is 71.0 Å². The lowest BCUT2D eigenvalue weighted by molar-refractivity contribution is -0.133. The molecule has 1 amide bonds. The Bertz CT molecular complexity index is 717. The molecule has 0 heterocycles. The molecule has 0 aliphatic rings. The molecular weight excluding hydrogens is 303 g/mol. The van der Waals surface area contributed by atoms with Crippen molar-refractivity contribution in [3.63, 3.8) is 0 Å². The fourth-order valence-electron chi connectivity index (χ4n) is 2.73. The summed E-state index contributed by atoms with van der Waals surface area (Å²) in [4.78, 5) is 14.4. The van der Waals surface area contributed by atoms with E-state index in [9.17, 15) is 9.18 Å². The van der Waals surface area contributed by atoms with Crippen LogP contribution in [-0.4, -0.2) is 17.4 Å². The predicted octanol–water partition coefficient (Wildman–Crippen LogP) is 4.24. The van der Waals surface area contributed by atoms with E-state index in [1.54, 1.807) is 24.3 Å². The first-order valence-corrected chi connectivity index (χ1v) is 8.09. The van der Waals surface area contributed by atoms with Crippen molar-refractivity contribution in [1.82, 2.24) is 4.90 Å². The van der Waals surface area contributed by atoms with E-state index < -0.39 is 0 Å². The zero-order valence-electron chi connectivity index (χ0n) is 14.0. The average Bonchev–Trinajstić information content (AvgIpc) is 2.61. The van der Waals surface area contributed by atoms with Crippen LogP contribution in [0.4, 0.5) is 4.39 Å². The largest absolute Gasteiger partial charge is 0.336 e. The van der Waals surface area contributed by atoms with Crippen LogP contribution in [0, 0.1) is 17.1 Å². The number of carbonyl (C=O) groups excluding carboxylic acids is 1. The topological polar surface area (TPSA) is 44.1 Å². The van der Waals surface area contributed by atoms with Gasteiger partial charge in [0.15, 0.2) is 0 Å². The van der Waals surface area contributed by atoms with Gasteiger partial charge in [-0.3, -0.25) is 4.79 Å². The molecule has 0 fully saturated rings. The maximum atomic E-state index is 12.9. The van der Waals surface area contributed by atoms with Gasteiger partial charge < -0.3 is 4.90 Å². The first-order chi connectivity index (χ1) is 11.5. The highest BCUT2D eigenvalue weighted by Gasteiger charge is 2.19. The Hall–Kier alpha value is -2.67. The number of aryl methyl sites for hydroxylation is 1. The lowest BCUT2D eigenvalue weighted by Crippen LogP contribution is -2.33. The lowest BCUT2D eigenvalue weighted by atomic mass is 10.0. The number of nitrogens with zero attached hydrogens (tertiary/aromatic N) is 2. The van der Waals surface area contributed by atoms with Crippen molar-refractivity contribution in [1.29, 1.82) is 5.26 Å². The third-order valence-electron chi connectivity index (χ3n) is 4.19. The minimum absolute atomic E-state index is 0.0524. The Kier molecular flexibility index (Phi) is 6.08. The van der Waals surface area contributed by atoms with E-state index in [-0.39, 0.29) is 17.8 Å². The molecule has 0 radical (unpaired) electrons. The minimum Gasteiger partial charge on any atom is -0.336 e. The standard InChI is InChI=1S/C20H21FN2O/c1-3-23(15(2)18-9-4-17(14-22)5-10-18)20(24)13-8-16-6-11-19(21)12-7-16/h4-7,9-12,15H,3,8,13H2,1-2H3. The normalized spacial score (nSPS) is 11.6. The molecule has 3 nitrogen and oxygen atoms in total. The van der Waals surface area contributed by atoms with E-state index in [1.807, 2.05) is 30.9 Å². The Morgan fingerprint density at radius 2 is 1.79 bits per heavy atom. The van der Waals surface area contributed by atoms with E-state index in [0.29, 0.717) is 24.9 Å². The van der Waals surface area contributed by atoms with Crippen molar-refractivity contribution in [3.8, 4) is 6.07 Å². The van der Waals surface area contributed by atoms with Gasteiger partial charge >= 0.3 is 0 Å². The molecule has 0 bridgehead atoms. The second kappa shape index (κ2) is 8.26. The highest BCUT2D eigenvalue weighted by atomic mass is 19.1. The third kappa shape index (κ3) is 4.42. The molecular formula is C20H21FN2O. The summed E-state index contributed by atoms with van der Waals surface area (Å²) in [5, 5.41) is 8.87. The van der Waals surface area contributed by atoms with Gasteiger partial charge in [-0.2, -0.15) is 5.26 Å². The zero-order valence-corrected chi connectivity index (χ0v) is 14.0. The molecule has 1 unspecified atom stereocenters. The van der Waals surface area contributed by atoms with Crippen LogP contribution in [-0.2, 0) is 11.2 Å². The highest BCUT2D eigenvalue weighted by Crippen LogP contribution is 2.21. The summed E-state index contributed by atoms with van der Waals surface area (Å²) in [6.45, 7) is 4.56. The van der Waals surface area contributed by atoms with Crippen molar-refractivity contribution in [2.45, 2.75) is 32.7 Å². The summed E-state index contributed by atoms with van der Waals surface area (Å²) < 4.78 is 12.9. The van der Waals surface area contributed by atoms with Crippen molar-refractivity contribution < 1.29 is 9.18 Å².